The van der Waals surface area contributed by atoms with Crippen molar-refractivity contribution >= 4 is 23.2 Å². The highest BCUT2D eigenvalue weighted by Crippen LogP contribution is 2.24. The van der Waals surface area contributed by atoms with Crippen molar-refractivity contribution in [3.05, 3.63) is 84.7 Å². The molecule has 0 aliphatic heterocycles. The number of nitrogens with one attached hydrogen (secondary N) is 1. The number of nitrogens with zero attached hydrogens (tertiary/aromatic N) is 1. The predicted molar refractivity (Wildman–Crippen MR) is 106 cm³/mol. The zero-order chi connectivity index (χ0) is 19.9. The van der Waals surface area contributed by atoms with Crippen molar-refractivity contribution < 1.29 is 18.7 Å². The van der Waals surface area contributed by atoms with E-state index >= 15 is 0 Å². The quantitative estimate of drug-likeness (QED) is 0.681. The minimum atomic E-state index is -0.535. The molecule has 28 heavy (non-hydrogen) atoms. The molecule has 0 heterocycles. The number of ether oxygens (including phenoxy) is 1. The van der Waals surface area contributed by atoms with E-state index in [0.29, 0.717) is 17.2 Å². The average Bonchev–Trinajstić information content (AvgIpc) is 2.69. The van der Waals surface area contributed by atoms with Crippen LogP contribution < -0.4 is 15.0 Å². The lowest BCUT2D eigenvalue weighted by atomic mass is 10.2. The molecular weight excluding hydrogens is 359 g/mol. The minimum Gasteiger partial charge on any atom is -0.457 e. The molecule has 5 nitrogen and oxygen atoms in total. The lowest BCUT2D eigenvalue weighted by Gasteiger charge is -2.21. The van der Waals surface area contributed by atoms with E-state index in [9.17, 15) is 14.0 Å². The molecule has 6 heteroatoms. The SMILES string of the molecule is CC(=O)N(CC(=O)Nc1ccccc1F)c1ccc(Oc2ccccc2)cc1. The van der Waals surface area contributed by atoms with Crippen LogP contribution in [0.2, 0.25) is 0 Å². The molecular formula is C22H19FN2O3. The molecule has 3 aromatic rings. The molecule has 142 valence electrons. The number of hydrogen-bond acceptors (Lipinski definition) is 3. The van der Waals surface area contributed by atoms with Gasteiger partial charge in [0.25, 0.3) is 0 Å². The minimum absolute atomic E-state index is 0.0719. The van der Waals surface area contributed by atoms with Gasteiger partial charge >= 0.3 is 0 Å². The van der Waals surface area contributed by atoms with Crippen LogP contribution in [0, 0.1) is 5.82 Å². The van der Waals surface area contributed by atoms with Gasteiger partial charge in [0.1, 0.15) is 23.9 Å². The number of carbonyl (C=O) groups excluding carboxylic acids is 2. The van der Waals surface area contributed by atoms with Crippen molar-refractivity contribution in [2.75, 3.05) is 16.8 Å². The van der Waals surface area contributed by atoms with Gasteiger partial charge in [0, 0.05) is 12.6 Å². The molecule has 3 rings (SSSR count). The van der Waals surface area contributed by atoms with E-state index in [2.05, 4.69) is 5.32 Å². The van der Waals surface area contributed by atoms with Crippen LogP contribution in [-0.2, 0) is 9.59 Å². The second-order valence-corrected chi connectivity index (χ2v) is 6.04. The molecule has 1 N–H and O–H groups in total. The van der Waals surface area contributed by atoms with E-state index in [-0.39, 0.29) is 18.1 Å². The number of amides is 2. The molecule has 0 fully saturated rings. The number of hydrogen-bond donors (Lipinski definition) is 1. The van der Waals surface area contributed by atoms with Gasteiger partial charge < -0.3 is 15.0 Å². The fourth-order valence-corrected chi connectivity index (χ4v) is 2.60. The summed E-state index contributed by atoms with van der Waals surface area (Å²) in [5.41, 5.74) is 0.610. The fraction of sp³-hybridized carbons (Fsp3) is 0.0909. The summed E-state index contributed by atoms with van der Waals surface area (Å²) in [4.78, 5) is 25.6. The number of para-hydroxylation sites is 2. The maximum Gasteiger partial charge on any atom is 0.244 e. The molecule has 2 amide bonds. The largest absolute Gasteiger partial charge is 0.457 e. The normalized spacial score (nSPS) is 10.2. The highest BCUT2D eigenvalue weighted by Gasteiger charge is 2.17. The second kappa shape index (κ2) is 8.81. The van der Waals surface area contributed by atoms with E-state index in [1.807, 2.05) is 30.3 Å². The smallest absolute Gasteiger partial charge is 0.244 e. The Morgan fingerprint density at radius 3 is 2.14 bits per heavy atom. The van der Waals surface area contributed by atoms with Gasteiger partial charge in [0.15, 0.2) is 0 Å². The van der Waals surface area contributed by atoms with Crippen LogP contribution in [0.4, 0.5) is 15.8 Å². The Morgan fingerprint density at radius 2 is 1.50 bits per heavy atom. The van der Waals surface area contributed by atoms with Crippen LogP contribution >= 0.6 is 0 Å². The van der Waals surface area contributed by atoms with Gasteiger partial charge in [-0.3, -0.25) is 9.59 Å². The zero-order valence-electron chi connectivity index (χ0n) is 15.3. The highest BCUT2D eigenvalue weighted by molar-refractivity contribution is 6.01. The van der Waals surface area contributed by atoms with Gasteiger partial charge in [-0.05, 0) is 48.5 Å². The molecule has 0 aromatic heterocycles. The lowest BCUT2D eigenvalue weighted by Crippen LogP contribution is -2.36. The van der Waals surface area contributed by atoms with Crippen LogP contribution in [0.25, 0.3) is 0 Å². The van der Waals surface area contributed by atoms with Crippen molar-refractivity contribution in [3.8, 4) is 11.5 Å². The third-order valence-electron chi connectivity index (χ3n) is 3.96. The second-order valence-electron chi connectivity index (χ2n) is 6.04. The summed E-state index contributed by atoms with van der Waals surface area (Å²) in [6.45, 7) is 1.13. The molecule has 0 unspecified atom stereocenters. The van der Waals surface area contributed by atoms with E-state index in [1.54, 1.807) is 30.3 Å². The van der Waals surface area contributed by atoms with Crippen LogP contribution in [0.5, 0.6) is 11.5 Å². The average molecular weight is 378 g/mol. The molecule has 0 saturated heterocycles. The monoisotopic (exact) mass is 378 g/mol. The standard InChI is InChI=1S/C22H19FN2O3/c1-16(26)25(15-22(27)24-21-10-6-5-9-20(21)23)17-11-13-19(14-12-17)28-18-7-3-2-4-8-18/h2-14H,15H2,1H3,(H,24,27). The van der Waals surface area contributed by atoms with Gasteiger partial charge in [0.2, 0.25) is 11.8 Å². The number of anilines is 2. The molecule has 0 saturated carbocycles. The van der Waals surface area contributed by atoms with Crippen molar-refractivity contribution in [1.82, 2.24) is 0 Å². The lowest BCUT2D eigenvalue weighted by molar-refractivity contribution is -0.120. The Hall–Kier alpha value is -3.67. The third-order valence-corrected chi connectivity index (χ3v) is 3.96. The maximum absolute atomic E-state index is 13.7. The Morgan fingerprint density at radius 1 is 0.893 bits per heavy atom. The van der Waals surface area contributed by atoms with Gasteiger partial charge in [-0.25, -0.2) is 4.39 Å². The van der Waals surface area contributed by atoms with Crippen LogP contribution in [0.3, 0.4) is 0 Å². The van der Waals surface area contributed by atoms with Crippen molar-refractivity contribution in [2.45, 2.75) is 6.92 Å². The summed E-state index contributed by atoms with van der Waals surface area (Å²) in [6, 6.07) is 22.0. The van der Waals surface area contributed by atoms with Crippen molar-refractivity contribution in [2.24, 2.45) is 0 Å². The van der Waals surface area contributed by atoms with Crippen LogP contribution in [0.1, 0.15) is 6.92 Å². The first-order valence-corrected chi connectivity index (χ1v) is 8.68. The Labute approximate surface area is 162 Å². The summed E-state index contributed by atoms with van der Waals surface area (Å²) in [6.07, 6.45) is 0. The van der Waals surface area contributed by atoms with Gasteiger partial charge in [-0.15, -0.1) is 0 Å². The van der Waals surface area contributed by atoms with Crippen LogP contribution in [-0.4, -0.2) is 18.4 Å². The number of rotatable bonds is 6. The Bertz CT molecular complexity index is 959. The molecule has 0 aliphatic rings. The molecule has 0 radical (unpaired) electrons. The molecule has 0 bridgehead atoms. The van der Waals surface area contributed by atoms with E-state index in [0.717, 1.165) is 0 Å². The first kappa shape index (κ1) is 19.1. The summed E-state index contributed by atoms with van der Waals surface area (Å²) < 4.78 is 19.4. The van der Waals surface area contributed by atoms with Crippen LogP contribution in [0.15, 0.2) is 78.9 Å². The Balaban J connectivity index is 1.69. The first-order valence-electron chi connectivity index (χ1n) is 8.68. The Kier molecular flexibility index (Phi) is 6.01. The number of benzene rings is 3. The predicted octanol–water partition coefficient (Wildman–Crippen LogP) is 4.61. The van der Waals surface area contributed by atoms with Crippen molar-refractivity contribution in [1.29, 1.82) is 0 Å². The van der Waals surface area contributed by atoms with Crippen molar-refractivity contribution in [3.63, 3.8) is 0 Å². The summed E-state index contributed by atoms with van der Waals surface area (Å²) in [5.74, 6) is -0.0323. The third kappa shape index (κ3) is 4.94. The zero-order valence-corrected chi connectivity index (χ0v) is 15.3. The highest BCUT2D eigenvalue weighted by atomic mass is 19.1. The summed E-state index contributed by atoms with van der Waals surface area (Å²) >= 11 is 0. The summed E-state index contributed by atoms with van der Waals surface area (Å²) in [7, 11) is 0. The fourth-order valence-electron chi connectivity index (χ4n) is 2.60. The molecule has 0 aliphatic carbocycles. The first-order chi connectivity index (χ1) is 13.5. The number of halogens is 1. The van der Waals surface area contributed by atoms with Gasteiger partial charge in [0.05, 0.1) is 5.69 Å². The van der Waals surface area contributed by atoms with Gasteiger partial charge in [-0.1, -0.05) is 30.3 Å². The topological polar surface area (TPSA) is 58.6 Å². The number of carbonyl (C=O) groups is 2. The molecule has 3 aromatic carbocycles. The summed E-state index contributed by atoms with van der Waals surface area (Å²) in [5, 5.41) is 2.48. The van der Waals surface area contributed by atoms with Gasteiger partial charge in [-0.2, -0.15) is 0 Å². The van der Waals surface area contributed by atoms with E-state index < -0.39 is 11.7 Å². The maximum atomic E-state index is 13.7. The van der Waals surface area contributed by atoms with E-state index in [1.165, 1.54) is 30.0 Å². The molecule has 0 spiro atoms. The van der Waals surface area contributed by atoms with E-state index in [4.69, 9.17) is 4.74 Å². The molecule has 0 atom stereocenters.